The summed E-state index contributed by atoms with van der Waals surface area (Å²) in [6, 6.07) is 19.3. The summed E-state index contributed by atoms with van der Waals surface area (Å²) in [4.78, 5) is 22.7. The number of amides is 2. The van der Waals surface area contributed by atoms with Gasteiger partial charge in [0.05, 0.1) is 0 Å². The highest BCUT2D eigenvalue weighted by atomic mass is 16.2. The first-order valence-corrected chi connectivity index (χ1v) is 8.21. The minimum absolute atomic E-state index is 0.161. The molecule has 2 heterocycles. The van der Waals surface area contributed by atoms with Gasteiger partial charge < -0.3 is 4.90 Å². The van der Waals surface area contributed by atoms with Crippen molar-refractivity contribution < 1.29 is 4.79 Å². The molecule has 0 saturated heterocycles. The molecule has 0 atom stereocenters. The highest BCUT2D eigenvalue weighted by Crippen LogP contribution is 2.09. The van der Waals surface area contributed by atoms with Crippen molar-refractivity contribution >= 4 is 11.8 Å². The van der Waals surface area contributed by atoms with E-state index < -0.39 is 0 Å². The standard InChI is InChI=1S/C20H20N4O/c25-20(23-19-8-4-5-12-22-19)24(16-18-9-13-21-14-10-18)15-11-17-6-2-1-3-7-17/h1-10,12-14H,11,15-16H2,(H,22,23,25). The number of hydrogen-bond acceptors (Lipinski definition) is 3. The van der Waals surface area contributed by atoms with E-state index in [0.29, 0.717) is 18.9 Å². The highest BCUT2D eigenvalue weighted by Gasteiger charge is 2.14. The van der Waals surface area contributed by atoms with Crippen LogP contribution >= 0.6 is 0 Å². The molecule has 3 aromatic rings. The molecule has 3 rings (SSSR count). The lowest BCUT2D eigenvalue weighted by molar-refractivity contribution is 0.209. The van der Waals surface area contributed by atoms with Crippen LogP contribution in [0.1, 0.15) is 11.1 Å². The van der Waals surface area contributed by atoms with Crippen LogP contribution in [0.25, 0.3) is 0 Å². The molecule has 0 aliphatic rings. The van der Waals surface area contributed by atoms with Gasteiger partial charge >= 0.3 is 6.03 Å². The van der Waals surface area contributed by atoms with Gasteiger partial charge in [-0.1, -0.05) is 36.4 Å². The molecule has 126 valence electrons. The molecule has 25 heavy (non-hydrogen) atoms. The lowest BCUT2D eigenvalue weighted by atomic mass is 10.1. The predicted molar refractivity (Wildman–Crippen MR) is 98.0 cm³/mol. The van der Waals surface area contributed by atoms with Gasteiger partial charge in [-0.25, -0.2) is 9.78 Å². The van der Waals surface area contributed by atoms with Crippen LogP contribution in [0.4, 0.5) is 10.6 Å². The van der Waals surface area contributed by atoms with Crippen molar-refractivity contribution in [1.82, 2.24) is 14.9 Å². The fraction of sp³-hybridized carbons (Fsp3) is 0.150. The molecule has 5 nitrogen and oxygen atoms in total. The van der Waals surface area contributed by atoms with Crippen LogP contribution in [-0.4, -0.2) is 27.4 Å². The fourth-order valence-corrected chi connectivity index (χ4v) is 2.50. The second-order valence-electron chi connectivity index (χ2n) is 5.66. The van der Waals surface area contributed by atoms with Crippen molar-refractivity contribution in [2.24, 2.45) is 0 Å². The zero-order valence-corrected chi connectivity index (χ0v) is 13.9. The number of anilines is 1. The number of hydrogen-bond donors (Lipinski definition) is 1. The van der Waals surface area contributed by atoms with E-state index in [4.69, 9.17) is 0 Å². The molecule has 0 bridgehead atoms. The van der Waals surface area contributed by atoms with E-state index in [2.05, 4.69) is 27.4 Å². The van der Waals surface area contributed by atoms with Gasteiger partial charge in [0.1, 0.15) is 5.82 Å². The highest BCUT2D eigenvalue weighted by molar-refractivity contribution is 5.88. The molecule has 0 spiro atoms. The Kier molecular flexibility index (Phi) is 5.72. The lowest BCUT2D eigenvalue weighted by Crippen LogP contribution is -2.36. The minimum atomic E-state index is -0.161. The molecule has 1 aromatic carbocycles. The average Bonchev–Trinajstić information content (AvgIpc) is 2.67. The van der Waals surface area contributed by atoms with Crippen LogP contribution < -0.4 is 5.32 Å². The van der Waals surface area contributed by atoms with Crippen molar-refractivity contribution in [2.45, 2.75) is 13.0 Å². The maximum Gasteiger partial charge on any atom is 0.323 e. The summed E-state index contributed by atoms with van der Waals surface area (Å²) in [6.07, 6.45) is 5.93. The van der Waals surface area contributed by atoms with E-state index in [1.807, 2.05) is 42.5 Å². The van der Waals surface area contributed by atoms with Gasteiger partial charge in [0.2, 0.25) is 0 Å². The van der Waals surface area contributed by atoms with E-state index in [1.54, 1.807) is 29.6 Å². The first-order chi connectivity index (χ1) is 12.3. The van der Waals surface area contributed by atoms with Crippen molar-refractivity contribution in [1.29, 1.82) is 0 Å². The molecule has 1 N–H and O–H groups in total. The average molecular weight is 332 g/mol. The molecule has 0 aliphatic heterocycles. The number of urea groups is 1. The molecule has 0 unspecified atom stereocenters. The predicted octanol–water partition coefficient (Wildman–Crippen LogP) is 3.75. The van der Waals surface area contributed by atoms with E-state index in [9.17, 15) is 4.79 Å². The van der Waals surface area contributed by atoms with Crippen molar-refractivity contribution in [3.8, 4) is 0 Å². The molecular weight excluding hydrogens is 312 g/mol. The third-order valence-corrected chi connectivity index (χ3v) is 3.82. The molecule has 2 aromatic heterocycles. The summed E-state index contributed by atoms with van der Waals surface area (Å²) in [5.74, 6) is 0.548. The van der Waals surface area contributed by atoms with Crippen LogP contribution in [-0.2, 0) is 13.0 Å². The Hall–Kier alpha value is -3.21. The smallest absolute Gasteiger partial charge is 0.320 e. The summed E-state index contributed by atoms with van der Waals surface area (Å²) in [5.41, 5.74) is 2.24. The molecule has 2 amide bonds. The first kappa shape index (κ1) is 16.6. The second-order valence-corrected chi connectivity index (χ2v) is 5.66. The van der Waals surface area contributed by atoms with Crippen molar-refractivity contribution in [3.63, 3.8) is 0 Å². The molecular formula is C20H20N4O. The van der Waals surface area contributed by atoms with Gasteiger partial charge in [-0.3, -0.25) is 10.3 Å². The lowest BCUT2D eigenvalue weighted by Gasteiger charge is -2.23. The second kappa shape index (κ2) is 8.59. The number of nitrogens with one attached hydrogen (secondary N) is 1. The molecule has 5 heteroatoms. The minimum Gasteiger partial charge on any atom is -0.320 e. The number of carbonyl (C=O) groups excluding carboxylic acids is 1. The van der Waals surface area contributed by atoms with Crippen LogP contribution in [0.5, 0.6) is 0 Å². The maximum absolute atomic E-state index is 12.7. The number of rotatable bonds is 6. The van der Waals surface area contributed by atoms with Gasteiger partial charge in [0, 0.05) is 31.7 Å². The van der Waals surface area contributed by atoms with E-state index >= 15 is 0 Å². The SMILES string of the molecule is O=C(Nc1ccccn1)N(CCc1ccccc1)Cc1ccncc1. The first-order valence-electron chi connectivity index (χ1n) is 8.21. The number of pyridine rings is 2. The molecule has 0 aliphatic carbocycles. The Balaban J connectivity index is 1.70. The third kappa shape index (κ3) is 5.14. The topological polar surface area (TPSA) is 58.1 Å². The Labute approximate surface area is 147 Å². The van der Waals surface area contributed by atoms with Gasteiger partial charge in [0.25, 0.3) is 0 Å². The van der Waals surface area contributed by atoms with Crippen molar-refractivity contribution in [3.05, 3.63) is 90.4 Å². The monoisotopic (exact) mass is 332 g/mol. The van der Waals surface area contributed by atoms with Gasteiger partial charge in [-0.2, -0.15) is 0 Å². The molecule has 0 radical (unpaired) electrons. The zero-order chi connectivity index (χ0) is 17.3. The summed E-state index contributed by atoms with van der Waals surface area (Å²) < 4.78 is 0. The van der Waals surface area contributed by atoms with Crippen molar-refractivity contribution in [2.75, 3.05) is 11.9 Å². The summed E-state index contributed by atoms with van der Waals surface area (Å²) >= 11 is 0. The third-order valence-electron chi connectivity index (χ3n) is 3.82. The van der Waals surface area contributed by atoms with Gasteiger partial charge in [0.15, 0.2) is 0 Å². The summed E-state index contributed by atoms with van der Waals surface area (Å²) in [5, 5.41) is 2.86. The maximum atomic E-state index is 12.7. The fourth-order valence-electron chi connectivity index (χ4n) is 2.50. The van der Waals surface area contributed by atoms with E-state index in [1.165, 1.54) is 5.56 Å². The largest absolute Gasteiger partial charge is 0.323 e. The normalized spacial score (nSPS) is 10.2. The number of carbonyl (C=O) groups is 1. The zero-order valence-electron chi connectivity index (χ0n) is 13.9. The van der Waals surface area contributed by atoms with Gasteiger partial charge in [-0.05, 0) is 41.8 Å². The van der Waals surface area contributed by atoms with Crippen LogP contribution in [0.3, 0.4) is 0 Å². The van der Waals surface area contributed by atoms with Crippen LogP contribution in [0.15, 0.2) is 79.3 Å². The number of aromatic nitrogens is 2. The Morgan fingerprint density at radius 3 is 2.36 bits per heavy atom. The summed E-state index contributed by atoms with van der Waals surface area (Å²) in [6.45, 7) is 1.14. The Morgan fingerprint density at radius 2 is 1.64 bits per heavy atom. The quantitative estimate of drug-likeness (QED) is 0.748. The van der Waals surface area contributed by atoms with E-state index in [-0.39, 0.29) is 6.03 Å². The number of nitrogens with zero attached hydrogens (tertiary/aromatic N) is 3. The molecule has 0 saturated carbocycles. The summed E-state index contributed by atoms with van der Waals surface area (Å²) in [7, 11) is 0. The van der Waals surface area contributed by atoms with Crippen LogP contribution in [0, 0.1) is 0 Å². The Morgan fingerprint density at radius 1 is 0.880 bits per heavy atom. The number of benzene rings is 1. The Bertz CT molecular complexity index is 779. The van der Waals surface area contributed by atoms with E-state index in [0.717, 1.165) is 12.0 Å². The van der Waals surface area contributed by atoms with Crippen LogP contribution in [0.2, 0.25) is 0 Å². The molecule has 0 fully saturated rings. The van der Waals surface area contributed by atoms with Gasteiger partial charge in [-0.15, -0.1) is 0 Å².